The molecule has 1 atom stereocenters. The van der Waals surface area contributed by atoms with Gasteiger partial charge in [-0.15, -0.1) is 11.3 Å². The highest BCUT2D eigenvalue weighted by Crippen LogP contribution is 2.27. The highest BCUT2D eigenvalue weighted by molar-refractivity contribution is 7.14. The summed E-state index contributed by atoms with van der Waals surface area (Å²) in [5, 5.41) is 9.13. The molecule has 1 aromatic heterocycles. The van der Waals surface area contributed by atoms with Crippen LogP contribution in [0.2, 0.25) is 0 Å². The molecular weight excluding hydrogens is 262 g/mol. The summed E-state index contributed by atoms with van der Waals surface area (Å²) >= 11 is 1.48. The van der Waals surface area contributed by atoms with Crippen molar-refractivity contribution in [1.82, 2.24) is 4.90 Å². The molecule has 4 nitrogen and oxygen atoms in total. The zero-order valence-corrected chi connectivity index (χ0v) is 12.1. The van der Waals surface area contributed by atoms with Crippen LogP contribution in [0.1, 0.15) is 46.3 Å². The molecule has 0 radical (unpaired) electrons. The molecule has 0 saturated carbocycles. The van der Waals surface area contributed by atoms with Crippen molar-refractivity contribution in [2.24, 2.45) is 0 Å². The fourth-order valence-corrected chi connectivity index (χ4v) is 3.58. The second-order valence-corrected chi connectivity index (χ2v) is 6.19. The lowest BCUT2D eigenvalue weighted by atomic mass is 10.1. The molecular formula is C14H19NO3S. The van der Waals surface area contributed by atoms with Gasteiger partial charge in [0.25, 0.3) is 5.91 Å². The maximum Gasteiger partial charge on any atom is 0.326 e. The van der Waals surface area contributed by atoms with Crippen molar-refractivity contribution < 1.29 is 14.7 Å². The number of thiophene rings is 1. The summed E-state index contributed by atoms with van der Waals surface area (Å²) in [6.07, 6.45) is 3.35. The number of hydrogen-bond acceptors (Lipinski definition) is 3. The number of aryl methyl sites for hydroxylation is 2. The number of aliphatic carboxylic acids is 1. The largest absolute Gasteiger partial charge is 0.480 e. The molecule has 0 bridgehead atoms. The minimum absolute atomic E-state index is 0.125. The molecule has 19 heavy (non-hydrogen) atoms. The summed E-state index contributed by atoms with van der Waals surface area (Å²) in [5.41, 5.74) is 1.21. The molecule has 0 aromatic carbocycles. The van der Waals surface area contributed by atoms with Gasteiger partial charge in [-0.3, -0.25) is 4.79 Å². The van der Waals surface area contributed by atoms with E-state index in [1.54, 1.807) is 0 Å². The SMILES string of the molecule is CCCc1cc(C(=O)N2CCC[C@@H]2C(=O)O)sc1C. The molecule has 1 saturated heterocycles. The van der Waals surface area contributed by atoms with Crippen LogP contribution in [-0.2, 0) is 11.2 Å². The van der Waals surface area contributed by atoms with Crippen LogP contribution < -0.4 is 0 Å². The summed E-state index contributed by atoms with van der Waals surface area (Å²) in [6.45, 7) is 4.68. The van der Waals surface area contributed by atoms with Crippen LogP contribution in [0.15, 0.2) is 6.07 Å². The predicted molar refractivity (Wildman–Crippen MR) is 74.7 cm³/mol. The Hall–Kier alpha value is -1.36. The average molecular weight is 281 g/mol. The van der Waals surface area contributed by atoms with Gasteiger partial charge in [-0.2, -0.15) is 0 Å². The number of likely N-dealkylation sites (tertiary alicyclic amines) is 1. The number of carbonyl (C=O) groups is 2. The van der Waals surface area contributed by atoms with E-state index in [0.29, 0.717) is 17.8 Å². The van der Waals surface area contributed by atoms with Gasteiger partial charge in [0, 0.05) is 11.4 Å². The summed E-state index contributed by atoms with van der Waals surface area (Å²) in [6, 6.07) is 1.29. The Morgan fingerprint density at radius 2 is 2.26 bits per heavy atom. The second kappa shape index (κ2) is 5.74. The molecule has 0 spiro atoms. The Morgan fingerprint density at radius 3 is 2.89 bits per heavy atom. The van der Waals surface area contributed by atoms with E-state index >= 15 is 0 Å². The van der Waals surface area contributed by atoms with Crippen molar-refractivity contribution in [3.63, 3.8) is 0 Å². The minimum Gasteiger partial charge on any atom is -0.480 e. The quantitative estimate of drug-likeness (QED) is 0.923. The van der Waals surface area contributed by atoms with E-state index in [1.807, 2.05) is 13.0 Å². The maximum atomic E-state index is 12.4. The first-order chi connectivity index (χ1) is 9.04. The van der Waals surface area contributed by atoms with Crippen LogP contribution in [0.4, 0.5) is 0 Å². The highest BCUT2D eigenvalue weighted by atomic mass is 32.1. The molecule has 1 amide bonds. The van der Waals surface area contributed by atoms with Crippen molar-refractivity contribution in [2.45, 2.75) is 45.6 Å². The van der Waals surface area contributed by atoms with E-state index in [1.165, 1.54) is 21.8 Å². The fraction of sp³-hybridized carbons (Fsp3) is 0.571. The van der Waals surface area contributed by atoms with Gasteiger partial charge in [0.05, 0.1) is 4.88 Å². The third kappa shape index (κ3) is 2.81. The molecule has 1 aromatic rings. The lowest BCUT2D eigenvalue weighted by Crippen LogP contribution is -2.40. The molecule has 0 unspecified atom stereocenters. The average Bonchev–Trinajstić information content (AvgIpc) is 2.96. The van der Waals surface area contributed by atoms with Crippen LogP contribution in [0, 0.1) is 6.92 Å². The van der Waals surface area contributed by atoms with Gasteiger partial charge in [-0.1, -0.05) is 13.3 Å². The molecule has 5 heteroatoms. The zero-order valence-electron chi connectivity index (χ0n) is 11.3. The van der Waals surface area contributed by atoms with Crippen LogP contribution in [-0.4, -0.2) is 34.5 Å². The van der Waals surface area contributed by atoms with E-state index in [4.69, 9.17) is 5.11 Å². The highest BCUT2D eigenvalue weighted by Gasteiger charge is 2.35. The van der Waals surface area contributed by atoms with Crippen molar-refractivity contribution in [2.75, 3.05) is 6.54 Å². The Bertz CT molecular complexity index is 495. The molecule has 104 valence electrons. The topological polar surface area (TPSA) is 57.6 Å². The lowest BCUT2D eigenvalue weighted by molar-refractivity contribution is -0.141. The number of rotatable bonds is 4. The van der Waals surface area contributed by atoms with Crippen molar-refractivity contribution in [1.29, 1.82) is 0 Å². The maximum absolute atomic E-state index is 12.4. The zero-order chi connectivity index (χ0) is 14.0. The Kier molecular flexibility index (Phi) is 4.24. The van der Waals surface area contributed by atoms with E-state index in [0.717, 1.165) is 24.1 Å². The van der Waals surface area contributed by atoms with Crippen LogP contribution >= 0.6 is 11.3 Å². The Morgan fingerprint density at radius 1 is 1.53 bits per heavy atom. The normalized spacial score (nSPS) is 18.8. The van der Waals surface area contributed by atoms with Crippen LogP contribution in [0.5, 0.6) is 0 Å². The lowest BCUT2D eigenvalue weighted by Gasteiger charge is -2.20. The summed E-state index contributed by atoms with van der Waals surface area (Å²) < 4.78 is 0. The van der Waals surface area contributed by atoms with E-state index < -0.39 is 12.0 Å². The summed E-state index contributed by atoms with van der Waals surface area (Å²) in [5.74, 6) is -1.02. The van der Waals surface area contributed by atoms with Gasteiger partial charge < -0.3 is 10.0 Å². The monoisotopic (exact) mass is 281 g/mol. The van der Waals surface area contributed by atoms with Crippen LogP contribution in [0.3, 0.4) is 0 Å². The second-order valence-electron chi connectivity index (χ2n) is 4.94. The number of carboxylic acid groups (broad SMARTS) is 1. The number of nitrogens with zero attached hydrogens (tertiary/aromatic N) is 1. The predicted octanol–water partition coefficient (Wildman–Crippen LogP) is 2.70. The smallest absolute Gasteiger partial charge is 0.326 e. The van der Waals surface area contributed by atoms with E-state index in [-0.39, 0.29) is 5.91 Å². The number of hydrogen-bond donors (Lipinski definition) is 1. The summed E-state index contributed by atoms with van der Waals surface area (Å²) in [4.78, 5) is 26.9. The molecule has 1 aliphatic heterocycles. The Balaban J connectivity index is 2.19. The van der Waals surface area contributed by atoms with Crippen LogP contribution in [0.25, 0.3) is 0 Å². The van der Waals surface area contributed by atoms with Gasteiger partial charge in [0.2, 0.25) is 0 Å². The number of carbonyl (C=O) groups excluding carboxylic acids is 1. The minimum atomic E-state index is -0.895. The van der Waals surface area contributed by atoms with E-state index in [2.05, 4.69) is 6.92 Å². The number of amides is 1. The third-order valence-electron chi connectivity index (χ3n) is 3.55. The van der Waals surface area contributed by atoms with Gasteiger partial charge in [-0.25, -0.2) is 4.79 Å². The standard InChI is InChI=1S/C14H19NO3S/c1-3-5-10-8-12(19-9(10)2)13(16)15-7-4-6-11(15)14(17)18/h8,11H,3-7H2,1-2H3,(H,17,18)/t11-/m1/s1. The third-order valence-corrected chi connectivity index (χ3v) is 4.63. The Labute approximate surface area is 117 Å². The molecule has 2 rings (SSSR count). The van der Waals surface area contributed by atoms with Gasteiger partial charge >= 0.3 is 5.97 Å². The first-order valence-electron chi connectivity index (χ1n) is 6.67. The molecule has 0 aliphatic carbocycles. The number of carboxylic acids is 1. The van der Waals surface area contributed by atoms with Gasteiger partial charge in [0.15, 0.2) is 0 Å². The van der Waals surface area contributed by atoms with Crippen molar-refractivity contribution in [3.8, 4) is 0 Å². The van der Waals surface area contributed by atoms with Crippen molar-refractivity contribution >= 4 is 23.2 Å². The van der Waals surface area contributed by atoms with Crippen molar-refractivity contribution in [3.05, 3.63) is 21.4 Å². The van der Waals surface area contributed by atoms with Gasteiger partial charge in [-0.05, 0) is 37.8 Å². The molecule has 1 aliphatic rings. The first-order valence-corrected chi connectivity index (χ1v) is 7.49. The first kappa shape index (κ1) is 14.1. The molecule has 1 fully saturated rings. The molecule has 1 N–H and O–H groups in total. The molecule has 2 heterocycles. The van der Waals surface area contributed by atoms with E-state index in [9.17, 15) is 9.59 Å². The fourth-order valence-electron chi connectivity index (χ4n) is 2.55. The van der Waals surface area contributed by atoms with Gasteiger partial charge in [0.1, 0.15) is 6.04 Å². The summed E-state index contributed by atoms with van der Waals surface area (Å²) in [7, 11) is 0.